The number of hydrogen-bond donors (Lipinski definition) is 1. The van der Waals surface area contributed by atoms with Crippen LogP contribution in [0, 0.1) is 0 Å². The molecule has 1 aromatic heterocycles. The van der Waals surface area contributed by atoms with Crippen LogP contribution in [0.15, 0.2) is 77.3 Å². The van der Waals surface area contributed by atoms with Gasteiger partial charge in [-0.3, -0.25) is 4.79 Å². The summed E-state index contributed by atoms with van der Waals surface area (Å²) in [5.74, 6) is -0.472. The molecule has 0 saturated heterocycles. The van der Waals surface area contributed by atoms with Crippen molar-refractivity contribution < 1.29 is 28.6 Å². The van der Waals surface area contributed by atoms with Crippen LogP contribution < -0.4 is 5.32 Å². The lowest BCUT2D eigenvalue weighted by Crippen LogP contribution is -2.46. The normalized spacial score (nSPS) is 13.0. The van der Waals surface area contributed by atoms with Gasteiger partial charge in [0.25, 0.3) is 0 Å². The van der Waals surface area contributed by atoms with Crippen LogP contribution in [0.1, 0.15) is 62.0 Å². The number of aromatic nitrogens is 3. The van der Waals surface area contributed by atoms with E-state index in [0.29, 0.717) is 18.2 Å². The zero-order valence-electron chi connectivity index (χ0n) is 26.3. The van der Waals surface area contributed by atoms with Crippen LogP contribution in [0.5, 0.6) is 0 Å². The van der Waals surface area contributed by atoms with Gasteiger partial charge in [0.15, 0.2) is 0 Å². The van der Waals surface area contributed by atoms with Gasteiger partial charge in [-0.05, 0) is 67.6 Å². The van der Waals surface area contributed by atoms with E-state index in [0.717, 1.165) is 32.3 Å². The van der Waals surface area contributed by atoms with Crippen LogP contribution in [0.4, 0.5) is 4.79 Å². The van der Waals surface area contributed by atoms with E-state index in [-0.39, 0.29) is 32.0 Å². The number of amides is 1. The van der Waals surface area contributed by atoms with E-state index < -0.39 is 29.7 Å². The molecular weight excluding hydrogens is 652 g/mol. The molecule has 0 aliphatic heterocycles. The highest BCUT2D eigenvalue weighted by Crippen LogP contribution is 2.44. The number of nitrogens with one attached hydrogen (secondary N) is 1. The Balaban J connectivity index is 1.37. The van der Waals surface area contributed by atoms with Crippen LogP contribution in [0.2, 0.25) is 0 Å². The van der Waals surface area contributed by atoms with Crippen molar-refractivity contribution >= 4 is 34.0 Å². The second kappa shape index (κ2) is 14.3. The van der Waals surface area contributed by atoms with Gasteiger partial charge in [-0.15, -0.1) is 10.2 Å². The van der Waals surface area contributed by atoms with Gasteiger partial charge in [-0.1, -0.05) is 76.6 Å². The fourth-order valence-corrected chi connectivity index (χ4v) is 5.75. The number of halogens is 1. The summed E-state index contributed by atoms with van der Waals surface area (Å²) in [4.78, 5) is 39.1. The van der Waals surface area contributed by atoms with Crippen molar-refractivity contribution in [2.75, 3.05) is 13.2 Å². The molecule has 1 heterocycles. The lowest BCUT2D eigenvalue weighted by molar-refractivity contribution is -0.157. The van der Waals surface area contributed by atoms with E-state index in [9.17, 15) is 14.4 Å². The number of hydrogen-bond acceptors (Lipinski definition) is 8. The van der Waals surface area contributed by atoms with Crippen LogP contribution in [-0.2, 0) is 43.2 Å². The van der Waals surface area contributed by atoms with Crippen molar-refractivity contribution in [3.63, 3.8) is 0 Å². The minimum absolute atomic E-state index is 0.0501. The topological polar surface area (TPSA) is 122 Å². The summed E-state index contributed by atoms with van der Waals surface area (Å²) in [6, 6.07) is 22.7. The molecule has 1 atom stereocenters. The molecule has 3 aromatic carbocycles. The maximum Gasteiger partial charge on any atom is 0.407 e. The van der Waals surface area contributed by atoms with Crippen LogP contribution in [0.25, 0.3) is 11.1 Å². The summed E-state index contributed by atoms with van der Waals surface area (Å²) >= 11 is 3.45. The fraction of sp³-hybridized carbons (Fsp3) is 0.343. The number of carbonyl (C=O) groups is 3. The Labute approximate surface area is 276 Å². The quantitative estimate of drug-likeness (QED) is 0.151. The molecule has 5 rings (SSSR count). The van der Waals surface area contributed by atoms with Gasteiger partial charge in [-0.25, -0.2) is 9.59 Å². The first-order chi connectivity index (χ1) is 22.0. The van der Waals surface area contributed by atoms with Gasteiger partial charge >= 0.3 is 18.0 Å². The molecule has 0 saturated carbocycles. The highest BCUT2D eigenvalue weighted by Gasteiger charge is 2.32. The average molecular weight is 690 g/mol. The Morgan fingerprint density at radius 1 is 0.891 bits per heavy atom. The molecule has 4 aromatic rings. The summed E-state index contributed by atoms with van der Waals surface area (Å²) in [6.45, 7) is 7.64. The van der Waals surface area contributed by atoms with Gasteiger partial charge in [0, 0.05) is 16.8 Å². The van der Waals surface area contributed by atoms with Crippen molar-refractivity contribution in [3.05, 3.63) is 106 Å². The molecule has 0 spiro atoms. The minimum Gasteiger partial charge on any atom is -0.466 e. The molecule has 1 aliphatic carbocycles. The van der Waals surface area contributed by atoms with Crippen molar-refractivity contribution in [1.29, 1.82) is 0 Å². The summed E-state index contributed by atoms with van der Waals surface area (Å²) in [6.07, 6.45) is -0.914. The SMILES string of the molecule is CCOC(=O)Cc1nnc(C[C@H](NC(=O)OCC2c3ccccc3-c3ccccc32)C(=O)OC(C)(C)C)n1Cc1ccc(Br)cc1. The van der Waals surface area contributed by atoms with Crippen molar-refractivity contribution in [3.8, 4) is 11.1 Å². The molecule has 240 valence electrons. The molecule has 10 nitrogen and oxygen atoms in total. The third-order valence-corrected chi connectivity index (χ3v) is 8.01. The summed E-state index contributed by atoms with van der Waals surface area (Å²) in [5.41, 5.74) is 4.50. The smallest absolute Gasteiger partial charge is 0.407 e. The minimum atomic E-state index is -1.14. The largest absolute Gasteiger partial charge is 0.466 e. The molecule has 11 heteroatoms. The molecule has 0 unspecified atom stereocenters. The second-order valence-corrected chi connectivity index (χ2v) is 12.9. The van der Waals surface area contributed by atoms with Crippen molar-refractivity contribution in [2.45, 2.75) is 64.6 Å². The zero-order chi connectivity index (χ0) is 32.8. The Morgan fingerprint density at radius 2 is 1.50 bits per heavy atom. The van der Waals surface area contributed by atoms with E-state index in [1.165, 1.54) is 0 Å². The van der Waals surface area contributed by atoms with Crippen molar-refractivity contribution in [1.82, 2.24) is 20.1 Å². The van der Waals surface area contributed by atoms with E-state index in [4.69, 9.17) is 14.2 Å². The number of nitrogens with zero attached hydrogens (tertiary/aromatic N) is 3. The highest BCUT2D eigenvalue weighted by molar-refractivity contribution is 9.10. The lowest BCUT2D eigenvalue weighted by atomic mass is 9.98. The van der Waals surface area contributed by atoms with Gasteiger partial charge < -0.3 is 24.1 Å². The summed E-state index contributed by atoms with van der Waals surface area (Å²) in [5, 5.41) is 11.3. The molecule has 1 N–H and O–H groups in total. The van der Waals surface area contributed by atoms with Gasteiger partial charge in [-0.2, -0.15) is 0 Å². The zero-order valence-corrected chi connectivity index (χ0v) is 27.9. The average Bonchev–Trinajstić information content (AvgIpc) is 3.53. The molecule has 0 bridgehead atoms. The Bertz CT molecular complexity index is 1670. The third kappa shape index (κ3) is 8.00. The Morgan fingerprint density at radius 3 is 2.11 bits per heavy atom. The molecule has 0 radical (unpaired) electrons. The molecule has 1 amide bonds. The molecule has 0 fully saturated rings. The van der Waals surface area contributed by atoms with Gasteiger partial charge in [0.2, 0.25) is 0 Å². The second-order valence-electron chi connectivity index (χ2n) is 12.0. The number of esters is 2. The number of alkyl carbamates (subject to hydrolysis) is 1. The first-order valence-corrected chi connectivity index (χ1v) is 16.0. The number of fused-ring (bicyclic) bond motifs is 3. The number of carbonyl (C=O) groups excluding carboxylic acids is 3. The van der Waals surface area contributed by atoms with Crippen LogP contribution in [0.3, 0.4) is 0 Å². The van der Waals surface area contributed by atoms with Crippen molar-refractivity contribution in [2.24, 2.45) is 0 Å². The first kappa shape index (κ1) is 32.9. The Kier molecular flexibility index (Phi) is 10.2. The standard InChI is InChI=1S/C35H37BrN4O6/c1-5-44-32(41)19-31-39-38-30(40(31)20-22-14-16-23(36)17-15-22)18-29(33(42)46-35(2,3)4)37-34(43)45-21-28-26-12-8-6-10-24(26)25-11-7-9-13-27(25)28/h6-17,28-29H,5,18-21H2,1-4H3,(H,37,43)/t29-/m0/s1. The Hall–Kier alpha value is -4.51. The van der Waals surface area contributed by atoms with Crippen LogP contribution in [-0.4, -0.2) is 57.7 Å². The summed E-state index contributed by atoms with van der Waals surface area (Å²) < 4.78 is 19.2. The van der Waals surface area contributed by atoms with E-state index in [1.54, 1.807) is 32.3 Å². The third-order valence-electron chi connectivity index (χ3n) is 7.48. The van der Waals surface area contributed by atoms with E-state index in [1.807, 2.05) is 60.7 Å². The predicted octanol–water partition coefficient (Wildman–Crippen LogP) is 5.99. The number of ether oxygens (including phenoxy) is 3. The van der Waals surface area contributed by atoms with Gasteiger partial charge in [0.1, 0.15) is 36.3 Å². The number of benzene rings is 3. The fourth-order valence-electron chi connectivity index (χ4n) is 5.48. The van der Waals surface area contributed by atoms with E-state index in [2.05, 4.69) is 43.6 Å². The van der Waals surface area contributed by atoms with Crippen LogP contribution >= 0.6 is 15.9 Å². The monoisotopic (exact) mass is 688 g/mol. The maximum atomic E-state index is 13.4. The molecule has 46 heavy (non-hydrogen) atoms. The highest BCUT2D eigenvalue weighted by atomic mass is 79.9. The predicted molar refractivity (Wildman–Crippen MR) is 175 cm³/mol. The first-order valence-electron chi connectivity index (χ1n) is 15.2. The van der Waals surface area contributed by atoms with Gasteiger partial charge in [0.05, 0.1) is 13.2 Å². The lowest BCUT2D eigenvalue weighted by Gasteiger charge is -2.25. The van der Waals surface area contributed by atoms with E-state index >= 15 is 0 Å². The molecular formula is C35H37BrN4O6. The summed E-state index contributed by atoms with van der Waals surface area (Å²) in [7, 11) is 0. The number of rotatable bonds is 11. The maximum absolute atomic E-state index is 13.4. The molecule has 1 aliphatic rings.